The van der Waals surface area contributed by atoms with Crippen LogP contribution < -0.4 is 0 Å². The lowest BCUT2D eigenvalue weighted by Crippen LogP contribution is -2.42. The van der Waals surface area contributed by atoms with Crippen LogP contribution in [0.2, 0.25) is 0 Å². The van der Waals surface area contributed by atoms with E-state index in [-0.39, 0.29) is 6.29 Å². The fraction of sp³-hybridized carbons (Fsp3) is 0.875. The molecule has 1 N–H and O–H groups in total. The number of ether oxygens (including phenoxy) is 2. The van der Waals surface area contributed by atoms with Gasteiger partial charge in [-0.1, -0.05) is 18.9 Å². The van der Waals surface area contributed by atoms with Crippen LogP contribution >= 0.6 is 0 Å². The molecule has 0 bridgehead atoms. The third-order valence-corrected chi connectivity index (χ3v) is 4.91. The van der Waals surface area contributed by atoms with Gasteiger partial charge >= 0.3 is 0 Å². The first-order valence-electron chi connectivity index (χ1n) is 7.68. The van der Waals surface area contributed by atoms with Gasteiger partial charge in [0.15, 0.2) is 6.29 Å². The normalized spacial score (nSPS) is 31.8. The van der Waals surface area contributed by atoms with E-state index in [0.717, 1.165) is 44.9 Å². The summed E-state index contributed by atoms with van der Waals surface area (Å²) in [6.07, 6.45) is 11.9. The molecule has 2 aliphatic rings. The standard InChI is InChI=1S/C16H28O3/c1-18-15(19-2)11-10-14-9-5-6-12-16(14,17)13-7-3-4-8-13/h7,14-15,17H,3-6,8-12H2,1-2H3/t14-,16+/m0/s1. The molecule has 1 saturated carbocycles. The van der Waals surface area contributed by atoms with Crippen molar-refractivity contribution in [2.24, 2.45) is 5.92 Å². The summed E-state index contributed by atoms with van der Waals surface area (Å²) in [4.78, 5) is 0. The van der Waals surface area contributed by atoms with Crippen LogP contribution in [0.15, 0.2) is 11.6 Å². The number of aliphatic hydroxyl groups is 1. The van der Waals surface area contributed by atoms with Gasteiger partial charge in [-0.2, -0.15) is 0 Å². The van der Waals surface area contributed by atoms with E-state index in [9.17, 15) is 5.11 Å². The quantitative estimate of drug-likeness (QED) is 0.592. The summed E-state index contributed by atoms with van der Waals surface area (Å²) in [5.74, 6) is 0.374. The molecule has 0 aromatic rings. The van der Waals surface area contributed by atoms with Crippen molar-refractivity contribution >= 4 is 0 Å². The van der Waals surface area contributed by atoms with Gasteiger partial charge in [0.05, 0.1) is 5.60 Å². The van der Waals surface area contributed by atoms with E-state index in [1.807, 2.05) is 0 Å². The summed E-state index contributed by atoms with van der Waals surface area (Å²) in [6, 6.07) is 0. The number of rotatable bonds is 6. The molecule has 0 radical (unpaired) electrons. The number of hydrogen-bond donors (Lipinski definition) is 1. The summed E-state index contributed by atoms with van der Waals surface area (Å²) in [5.41, 5.74) is 0.768. The highest BCUT2D eigenvalue weighted by Crippen LogP contribution is 2.44. The lowest BCUT2D eigenvalue weighted by atomic mass is 9.69. The van der Waals surface area contributed by atoms with Gasteiger partial charge < -0.3 is 14.6 Å². The third kappa shape index (κ3) is 3.39. The second-order valence-corrected chi connectivity index (χ2v) is 5.97. The summed E-state index contributed by atoms with van der Waals surface area (Å²) in [5, 5.41) is 11.1. The van der Waals surface area contributed by atoms with E-state index in [2.05, 4.69) is 6.08 Å². The third-order valence-electron chi connectivity index (χ3n) is 4.91. The van der Waals surface area contributed by atoms with Gasteiger partial charge in [-0.05, 0) is 56.4 Å². The highest BCUT2D eigenvalue weighted by atomic mass is 16.7. The average molecular weight is 268 g/mol. The molecule has 19 heavy (non-hydrogen) atoms. The Hall–Kier alpha value is -0.380. The van der Waals surface area contributed by atoms with E-state index >= 15 is 0 Å². The Morgan fingerprint density at radius 3 is 2.74 bits per heavy atom. The van der Waals surface area contributed by atoms with Crippen molar-refractivity contribution in [3.63, 3.8) is 0 Å². The van der Waals surface area contributed by atoms with Gasteiger partial charge in [0.1, 0.15) is 0 Å². The number of allylic oxidation sites excluding steroid dienone is 1. The molecule has 0 amide bonds. The zero-order valence-corrected chi connectivity index (χ0v) is 12.4. The van der Waals surface area contributed by atoms with E-state index in [1.165, 1.54) is 18.4 Å². The van der Waals surface area contributed by atoms with Crippen molar-refractivity contribution in [2.75, 3.05) is 14.2 Å². The van der Waals surface area contributed by atoms with Crippen LogP contribution in [0, 0.1) is 5.92 Å². The largest absolute Gasteiger partial charge is 0.385 e. The Balaban J connectivity index is 1.99. The molecule has 0 unspecified atom stereocenters. The van der Waals surface area contributed by atoms with Gasteiger partial charge in [-0.15, -0.1) is 0 Å². The first-order chi connectivity index (χ1) is 9.20. The maximum atomic E-state index is 11.1. The average Bonchev–Trinajstić information content (AvgIpc) is 2.96. The Kier molecular flexibility index (Phi) is 5.43. The summed E-state index contributed by atoms with van der Waals surface area (Å²) in [7, 11) is 3.36. The molecule has 3 heteroatoms. The molecule has 1 fully saturated rings. The minimum Gasteiger partial charge on any atom is -0.385 e. The Bertz CT molecular complexity index is 309. The van der Waals surface area contributed by atoms with Gasteiger partial charge in [0, 0.05) is 14.2 Å². The maximum Gasteiger partial charge on any atom is 0.156 e. The SMILES string of the molecule is COC(CC[C@@H]1CCCC[C@@]1(O)C1=CCCC1)OC. The zero-order valence-electron chi connectivity index (χ0n) is 12.4. The summed E-state index contributed by atoms with van der Waals surface area (Å²) >= 11 is 0. The Morgan fingerprint density at radius 2 is 2.11 bits per heavy atom. The zero-order chi connectivity index (χ0) is 13.7. The second kappa shape index (κ2) is 6.87. The molecule has 0 heterocycles. The summed E-state index contributed by atoms with van der Waals surface area (Å²) < 4.78 is 10.5. The molecule has 0 aromatic heterocycles. The van der Waals surface area contributed by atoms with Crippen LogP contribution in [-0.2, 0) is 9.47 Å². The Morgan fingerprint density at radius 1 is 1.32 bits per heavy atom. The second-order valence-electron chi connectivity index (χ2n) is 5.97. The predicted octanol–water partition coefficient (Wildman–Crippen LogP) is 3.42. The minimum absolute atomic E-state index is 0.135. The first kappa shape index (κ1) is 15.0. The highest BCUT2D eigenvalue weighted by molar-refractivity contribution is 5.22. The minimum atomic E-state index is -0.541. The van der Waals surface area contributed by atoms with Gasteiger partial charge in [0.25, 0.3) is 0 Å². The molecule has 2 aliphatic carbocycles. The molecule has 2 atom stereocenters. The van der Waals surface area contributed by atoms with Crippen molar-refractivity contribution in [3.05, 3.63) is 11.6 Å². The van der Waals surface area contributed by atoms with E-state index in [4.69, 9.17) is 9.47 Å². The van der Waals surface area contributed by atoms with Crippen molar-refractivity contribution in [3.8, 4) is 0 Å². The van der Waals surface area contributed by atoms with Crippen LogP contribution in [-0.4, -0.2) is 31.2 Å². The first-order valence-corrected chi connectivity index (χ1v) is 7.68. The molecule has 110 valence electrons. The lowest BCUT2D eigenvalue weighted by Gasteiger charge is -2.42. The molecular weight excluding hydrogens is 240 g/mol. The van der Waals surface area contributed by atoms with Crippen LogP contribution in [0.1, 0.15) is 57.8 Å². The highest BCUT2D eigenvalue weighted by Gasteiger charge is 2.42. The summed E-state index contributed by atoms with van der Waals surface area (Å²) in [6.45, 7) is 0. The van der Waals surface area contributed by atoms with Crippen molar-refractivity contribution in [1.82, 2.24) is 0 Å². The van der Waals surface area contributed by atoms with E-state index < -0.39 is 5.60 Å². The van der Waals surface area contributed by atoms with Gasteiger partial charge in [-0.3, -0.25) is 0 Å². The van der Waals surface area contributed by atoms with Crippen molar-refractivity contribution in [1.29, 1.82) is 0 Å². The monoisotopic (exact) mass is 268 g/mol. The molecule has 0 spiro atoms. The van der Waals surface area contributed by atoms with Gasteiger partial charge in [0.2, 0.25) is 0 Å². The van der Waals surface area contributed by atoms with Crippen molar-refractivity contribution < 1.29 is 14.6 Å². The van der Waals surface area contributed by atoms with E-state index in [0.29, 0.717) is 5.92 Å². The lowest BCUT2D eigenvalue weighted by molar-refractivity contribution is -0.115. The molecule has 0 aromatic carbocycles. The molecule has 0 saturated heterocycles. The predicted molar refractivity (Wildman–Crippen MR) is 75.9 cm³/mol. The van der Waals surface area contributed by atoms with E-state index in [1.54, 1.807) is 14.2 Å². The van der Waals surface area contributed by atoms with Crippen LogP contribution in [0.5, 0.6) is 0 Å². The Labute approximate surface area is 117 Å². The fourth-order valence-corrected chi connectivity index (χ4v) is 3.77. The number of methoxy groups -OCH3 is 2. The van der Waals surface area contributed by atoms with Crippen LogP contribution in [0.4, 0.5) is 0 Å². The molecule has 3 nitrogen and oxygen atoms in total. The molecule has 2 rings (SSSR count). The smallest absolute Gasteiger partial charge is 0.156 e. The fourth-order valence-electron chi connectivity index (χ4n) is 3.77. The molecule has 0 aliphatic heterocycles. The number of hydrogen-bond acceptors (Lipinski definition) is 3. The van der Waals surface area contributed by atoms with Gasteiger partial charge in [-0.25, -0.2) is 0 Å². The molecular formula is C16H28O3. The maximum absolute atomic E-state index is 11.1. The van der Waals surface area contributed by atoms with Crippen LogP contribution in [0.3, 0.4) is 0 Å². The van der Waals surface area contributed by atoms with Crippen molar-refractivity contribution in [2.45, 2.75) is 69.7 Å². The van der Waals surface area contributed by atoms with Crippen LogP contribution in [0.25, 0.3) is 0 Å². The topological polar surface area (TPSA) is 38.7 Å².